The molecule has 0 bridgehead atoms. The first kappa shape index (κ1) is 26.1. The van der Waals surface area contributed by atoms with Crippen LogP contribution in [0.1, 0.15) is 34.8 Å². The van der Waals surface area contributed by atoms with Gasteiger partial charge < -0.3 is 14.2 Å². The zero-order valence-electron chi connectivity index (χ0n) is 20.3. The molecular formula is C29H26ClFN2O4. The molecule has 0 saturated heterocycles. The van der Waals surface area contributed by atoms with Crippen molar-refractivity contribution < 1.29 is 18.4 Å². The molecule has 1 heterocycles. The van der Waals surface area contributed by atoms with Gasteiger partial charge in [0, 0.05) is 13.1 Å². The van der Waals surface area contributed by atoms with E-state index in [1.165, 1.54) is 28.2 Å². The Labute approximate surface area is 218 Å². The largest absolute Gasteiger partial charge is 0.464 e. The van der Waals surface area contributed by atoms with Gasteiger partial charge in [-0.2, -0.15) is 0 Å². The van der Waals surface area contributed by atoms with E-state index >= 15 is 0 Å². The number of fused-ring (bicyclic) bond motifs is 1. The summed E-state index contributed by atoms with van der Waals surface area (Å²) in [4.78, 5) is 42.9. The van der Waals surface area contributed by atoms with Crippen LogP contribution in [-0.2, 0) is 17.9 Å². The number of nitrogens with zero attached hydrogens (tertiary/aromatic N) is 2. The lowest BCUT2D eigenvalue weighted by Crippen LogP contribution is -2.43. The van der Waals surface area contributed by atoms with E-state index < -0.39 is 5.82 Å². The highest BCUT2D eigenvalue weighted by atomic mass is 35.5. The lowest BCUT2D eigenvalue weighted by atomic mass is 10.1. The highest BCUT2D eigenvalue weighted by Crippen LogP contribution is 2.19. The highest BCUT2D eigenvalue weighted by Gasteiger charge is 2.24. The molecule has 2 amide bonds. The van der Waals surface area contributed by atoms with E-state index in [2.05, 4.69) is 0 Å². The molecule has 0 N–H and O–H groups in total. The Morgan fingerprint density at radius 3 is 2.35 bits per heavy atom. The third-order valence-electron chi connectivity index (χ3n) is 5.96. The maximum Gasteiger partial charge on any atom is 0.255 e. The van der Waals surface area contributed by atoms with Crippen LogP contribution in [0.5, 0.6) is 0 Å². The average molecular weight is 521 g/mol. The summed E-state index contributed by atoms with van der Waals surface area (Å²) < 4.78 is 19.1. The lowest BCUT2D eigenvalue weighted by Gasteiger charge is -2.28. The fourth-order valence-corrected chi connectivity index (χ4v) is 4.28. The summed E-state index contributed by atoms with van der Waals surface area (Å²) in [6.07, 6.45) is 1.99. The van der Waals surface area contributed by atoms with Crippen molar-refractivity contribution in [2.75, 3.05) is 13.1 Å². The monoisotopic (exact) mass is 520 g/mol. The van der Waals surface area contributed by atoms with Crippen LogP contribution < -0.4 is 5.43 Å². The third kappa shape index (κ3) is 6.24. The van der Waals surface area contributed by atoms with Crippen molar-refractivity contribution in [2.24, 2.45) is 0 Å². The second-order valence-corrected chi connectivity index (χ2v) is 9.08. The second-order valence-electron chi connectivity index (χ2n) is 8.67. The normalized spacial score (nSPS) is 10.9. The fourth-order valence-electron chi connectivity index (χ4n) is 4.07. The first-order valence-electron chi connectivity index (χ1n) is 11.9. The average Bonchev–Trinajstić information content (AvgIpc) is 2.90. The number of hydrogen-bond donors (Lipinski definition) is 0. The van der Waals surface area contributed by atoms with E-state index in [1.54, 1.807) is 60.7 Å². The van der Waals surface area contributed by atoms with Crippen molar-refractivity contribution >= 4 is 34.4 Å². The van der Waals surface area contributed by atoms with E-state index in [0.717, 1.165) is 0 Å². The molecule has 4 rings (SSSR count). The van der Waals surface area contributed by atoms with Gasteiger partial charge >= 0.3 is 0 Å². The summed E-state index contributed by atoms with van der Waals surface area (Å²) in [5, 5.41) is 0.716. The smallest absolute Gasteiger partial charge is 0.255 e. The first-order chi connectivity index (χ1) is 17.9. The number of carbonyl (C=O) groups is 2. The number of para-hydroxylation sites is 1. The minimum absolute atomic E-state index is 0.0381. The molecule has 0 atom stereocenters. The highest BCUT2D eigenvalue weighted by molar-refractivity contribution is 6.33. The van der Waals surface area contributed by atoms with Gasteiger partial charge in [-0.05, 0) is 48.4 Å². The summed E-state index contributed by atoms with van der Waals surface area (Å²) >= 11 is 6.24. The summed E-state index contributed by atoms with van der Waals surface area (Å²) in [5.41, 5.74) is 1.50. The predicted molar refractivity (Wildman–Crippen MR) is 141 cm³/mol. The number of amides is 2. The molecular weight excluding hydrogens is 495 g/mol. The number of benzene rings is 3. The van der Waals surface area contributed by atoms with E-state index in [-0.39, 0.29) is 36.9 Å². The Balaban J connectivity index is 1.63. The molecule has 0 aliphatic heterocycles. The van der Waals surface area contributed by atoms with E-state index in [9.17, 15) is 18.8 Å². The van der Waals surface area contributed by atoms with Crippen molar-refractivity contribution in [3.8, 4) is 0 Å². The number of hydrogen-bond acceptors (Lipinski definition) is 4. The zero-order valence-corrected chi connectivity index (χ0v) is 21.1. The van der Waals surface area contributed by atoms with Gasteiger partial charge in [-0.3, -0.25) is 14.4 Å². The van der Waals surface area contributed by atoms with Gasteiger partial charge in [0.2, 0.25) is 5.91 Å². The minimum Gasteiger partial charge on any atom is -0.464 e. The van der Waals surface area contributed by atoms with Gasteiger partial charge in [-0.25, -0.2) is 4.39 Å². The maximum absolute atomic E-state index is 13.6. The molecule has 4 aromatic rings. The Morgan fingerprint density at radius 1 is 0.919 bits per heavy atom. The number of halogens is 2. The molecule has 0 saturated carbocycles. The Hall–Kier alpha value is -3.97. The Bertz CT molecular complexity index is 1470. The molecule has 8 heteroatoms. The van der Waals surface area contributed by atoms with Gasteiger partial charge in [-0.1, -0.05) is 54.9 Å². The lowest BCUT2D eigenvalue weighted by molar-refractivity contribution is -0.133. The summed E-state index contributed by atoms with van der Waals surface area (Å²) in [6.45, 7) is 2.12. The van der Waals surface area contributed by atoms with E-state index in [4.69, 9.17) is 16.0 Å². The van der Waals surface area contributed by atoms with Gasteiger partial charge in [0.25, 0.3) is 5.91 Å². The van der Waals surface area contributed by atoms with Crippen LogP contribution in [0, 0.1) is 5.82 Å². The molecule has 0 radical (unpaired) electrons. The van der Waals surface area contributed by atoms with Crippen molar-refractivity contribution in [1.29, 1.82) is 0 Å². The summed E-state index contributed by atoms with van der Waals surface area (Å²) in [6, 6.07) is 19.4. The van der Waals surface area contributed by atoms with Crippen LogP contribution in [0.25, 0.3) is 11.0 Å². The van der Waals surface area contributed by atoms with Crippen LogP contribution >= 0.6 is 11.6 Å². The van der Waals surface area contributed by atoms with Crippen LogP contribution in [0.2, 0.25) is 5.02 Å². The number of rotatable bonds is 9. The topological polar surface area (TPSA) is 70.8 Å². The molecule has 6 nitrogen and oxygen atoms in total. The van der Waals surface area contributed by atoms with Crippen LogP contribution in [0.4, 0.5) is 4.39 Å². The maximum atomic E-state index is 13.6. The SMILES string of the molecule is CCCN(CC(=O)N(Cc1ccc(F)cc1)Cc1coc2ccccc2c1=O)C(=O)c1ccccc1Cl. The van der Waals surface area contributed by atoms with Crippen LogP contribution in [0.15, 0.2) is 88.3 Å². The van der Waals surface area contributed by atoms with E-state index in [0.29, 0.717) is 45.6 Å². The summed E-state index contributed by atoms with van der Waals surface area (Å²) in [7, 11) is 0. The first-order valence-corrected chi connectivity index (χ1v) is 12.3. The third-order valence-corrected chi connectivity index (χ3v) is 6.29. The fraction of sp³-hybridized carbons (Fsp3) is 0.207. The predicted octanol–water partition coefficient (Wildman–Crippen LogP) is 5.67. The van der Waals surface area contributed by atoms with Gasteiger partial charge in [0.15, 0.2) is 5.43 Å². The summed E-state index contributed by atoms with van der Waals surface area (Å²) in [5.74, 6) is -1.12. The molecule has 1 aromatic heterocycles. The van der Waals surface area contributed by atoms with Crippen molar-refractivity contribution in [2.45, 2.75) is 26.4 Å². The van der Waals surface area contributed by atoms with Crippen molar-refractivity contribution in [1.82, 2.24) is 9.80 Å². The molecule has 0 aliphatic rings. The van der Waals surface area contributed by atoms with Gasteiger partial charge in [0.1, 0.15) is 17.9 Å². The van der Waals surface area contributed by atoms with Gasteiger partial charge in [-0.15, -0.1) is 0 Å². The molecule has 3 aromatic carbocycles. The van der Waals surface area contributed by atoms with Crippen LogP contribution in [0.3, 0.4) is 0 Å². The number of carbonyl (C=O) groups excluding carboxylic acids is 2. The van der Waals surface area contributed by atoms with Crippen molar-refractivity contribution in [3.05, 3.63) is 117 Å². The molecule has 0 fully saturated rings. The molecule has 190 valence electrons. The van der Waals surface area contributed by atoms with Crippen molar-refractivity contribution in [3.63, 3.8) is 0 Å². The van der Waals surface area contributed by atoms with Crippen LogP contribution in [-0.4, -0.2) is 34.7 Å². The minimum atomic E-state index is -0.392. The molecule has 0 aliphatic carbocycles. The van der Waals surface area contributed by atoms with E-state index in [1.807, 2.05) is 6.92 Å². The molecule has 0 unspecified atom stereocenters. The Morgan fingerprint density at radius 2 is 1.62 bits per heavy atom. The second kappa shape index (κ2) is 11.8. The molecule has 0 spiro atoms. The van der Waals surface area contributed by atoms with Gasteiger partial charge in [0.05, 0.1) is 34.3 Å². The Kier molecular flexibility index (Phi) is 8.36. The quantitative estimate of drug-likeness (QED) is 0.285. The zero-order chi connectivity index (χ0) is 26.4. The standard InChI is InChI=1S/C29H26ClFN2O4/c1-2-15-32(29(36)23-7-3-5-9-25(23)30)18-27(34)33(16-20-11-13-22(31)14-12-20)17-21-19-37-26-10-6-4-8-24(26)28(21)35/h3-14,19H,2,15-18H2,1H3. The molecule has 37 heavy (non-hydrogen) atoms.